The molecule has 4 nitrogen and oxygen atoms in total. The molecule has 0 atom stereocenters. The van der Waals surface area contributed by atoms with Gasteiger partial charge in [-0.05, 0) is 49.1 Å². The summed E-state index contributed by atoms with van der Waals surface area (Å²) in [5.41, 5.74) is 0.571. The summed E-state index contributed by atoms with van der Waals surface area (Å²) in [7, 11) is 0. The summed E-state index contributed by atoms with van der Waals surface area (Å²) in [6.45, 7) is 4.21. The van der Waals surface area contributed by atoms with Crippen LogP contribution in [0.4, 0.5) is 20.3 Å². The van der Waals surface area contributed by atoms with Gasteiger partial charge in [0.2, 0.25) is 0 Å². The van der Waals surface area contributed by atoms with Crippen LogP contribution in [0.1, 0.15) is 30.1 Å². The van der Waals surface area contributed by atoms with E-state index in [1.165, 1.54) is 6.07 Å². The Morgan fingerprint density at radius 3 is 2.54 bits per heavy atom. The topological polar surface area (TPSA) is 45.2 Å². The molecule has 1 aromatic carbocycles. The van der Waals surface area contributed by atoms with Crippen molar-refractivity contribution >= 4 is 17.4 Å². The number of nitrogens with one attached hydrogen (secondary N) is 1. The molecule has 0 aliphatic carbocycles. The average molecular weight is 331 g/mol. The molecular formula is C18H19F2N3O. The molecule has 126 valence electrons. The van der Waals surface area contributed by atoms with Gasteiger partial charge in [-0.15, -0.1) is 0 Å². The van der Waals surface area contributed by atoms with Crippen LogP contribution in [0.2, 0.25) is 0 Å². The van der Waals surface area contributed by atoms with Crippen LogP contribution in [0, 0.1) is 17.6 Å². The highest BCUT2D eigenvalue weighted by atomic mass is 19.2. The molecule has 0 bridgehead atoms. The number of piperidine rings is 1. The molecule has 6 heteroatoms. The number of amides is 1. The van der Waals surface area contributed by atoms with Gasteiger partial charge in [0.1, 0.15) is 5.82 Å². The van der Waals surface area contributed by atoms with E-state index in [0.717, 1.165) is 49.8 Å². The number of rotatable bonds is 3. The van der Waals surface area contributed by atoms with Gasteiger partial charge < -0.3 is 10.2 Å². The first-order valence-corrected chi connectivity index (χ1v) is 8.00. The quantitative estimate of drug-likeness (QED) is 0.929. The number of hydrogen-bond acceptors (Lipinski definition) is 3. The smallest absolute Gasteiger partial charge is 0.255 e. The highest BCUT2D eigenvalue weighted by Gasteiger charge is 2.17. The Morgan fingerprint density at radius 2 is 1.92 bits per heavy atom. The Labute approximate surface area is 139 Å². The number of benzene rings is 1. The van der Waals surface area contributed by atoms with Gasteiger partial charge in [-0.25, -0.2) is 13.8 Å². The van der Waals surface area contributed by atoms with Crippen LogP contribution < -0.4 is 10.2 Å². The Bertz CT molecular complexity index is 726. The highest BCUT2D eigenvalue weighted by Crippen LogP contribution is 2.22. The lowest BCUT2D eigenvalue weighted by atomic mass is 9.99. The van der Waals surface area contributed by atoms with E-state index in [1.807, 2.05) is 6.07 Å². The molecule has 0 unspecified atom stereocenters. The van der Waals surface area contributed by atoms with Crippen molar-refractivity contribution in [2.24, 2.45) is 5.92 Å². The van der Waals surface area contributed by atoms with Gasteiger partial charge in [0, 0.05) is 18.7 Å². The fraction of sp³-hybridized carbons (Fsp3) is 0.333. The summed E-state index contributed by atoms with van der Waals surface area (Å²) in [5, 5.41) is 2.63. The average Bonchev–Trinajstić information content (AvgIpc) is 2.59. The summed E-state index contributed by atoms with van der Waals surface area (Å²) < 4.78 is 26.1. The Morgan fingerprint density at radius 1 is 1.17 bits per heavy atom. The first-order chi connectivity index (χ1) is 11.5. The van der Waals surface area contributed by atoms with Gasteiger partial charge in [0.05, 0.1) is 11.9 Å². The third-order valence-electron chi connectivity index (χ3n) is 4.30. The number of nitrogens with zero attached hydrogens (tertiary/aromatic N) is 2. The summed E-state index contributed by atoms with van der Waals surface area (Å²) in [5.74, 6) is -0.900. The van der Waals surface area contributed by atoms with Gasteiger partial charge >= 0.3 is 0 Å². The molecule has 1 saturated heterocycles. The lowest BCUT2D eigenvalue weighted by Gasteiger charge is -2.31. The SMILES string of the molecule is CC1CCN(c2ccc(NC(=O)c3ccc(F)c(F)c3)cn2)CC1. The van der Waals surface area contributed by atoms with Crippen LogP contribution in [-0.2, 0) is 0 Å². The zero-order valence-corrected chi connectivity index (χ0v) is 13.4. The number of halogens is 2. The van der Waals surface area contributed by atoms with Gasteiger partial charge in [0.15, 0.2) is 11.6 Å². The molecular weight excluding hydrogens is 312 g/mol. The molecule has 1 fully saturated rings. The number of hydrogen-bond donors (Lipinski definition) is 1. The highest BCUT2D eigenvalue weighted by molar-refractivity contribution is 6.04. The molecule has 1 aliphatic heterocycles. The lowest BCUT2D eigenvalue weighted by Crippen LogP contribution is -2.33. The number of aromatic nitrogens is 1. The number of anilines is 2. The van der Waals surface area contributed by atoms with Crippen molar-refractivity contribution in [1.29, 1.82) is 0 Å². The summed E-state index contributed by atoms with van der Waals surface area (Å²) in [6.07, 6.45) is 3.87. The van der Waals surface area contributed by atoms with E-state index >= 15 is 0 Å². The molecule has 1 aliphatic rings. The van der Waals surface area contributed by atoms with Crippen LogP contribution in [0.3, 0.4) is 0 Å². The minimum Gasteiger partial charge on any atom is -0.357 e. The number of pyridine rings is 1. The van der Waals surface area contributed by atoms with Crippen molar-refractivity contribution in [2.75, 3.05) is 23.3 Å². The molecule has 0 saturated carbocycles. The van der Waals surface area contributed by atoms with Gasteiger partial charge in [-0.1, -0.05) is 6.92 Å². The van der Waals surface area contributed by atoms with Gasteiger partial charge in [-0.2, -0.15) is 0 Å². The van der Waals surface area contributed by atoms with E-state index < -0.39 is 17.5 Å². The van der Waals surface area contributed by atoms with E-state index in [9.17, 15) is 13.6 Å². The maximum atomic E-state index is 13.2. The number of carbonyl (C=O) groups excluding carboxylic acids is 1. The molecule has 3 rings (SSSR count). The molecule has 2 heterocycles. The standard InChI is InChI=1S/C18H19F2N3O/c1-12-6-8-23(9-7-12)17-5-3-14(11-21-17)22-18(24)13-2-4-15(19)16(20)10-13/h2-5,10-12H,6-9H2,1H3,(H,22,24). The van der Waals surface area contributed by atoms with E-state index in [0.29, 0.717) is 5.69 Å². The first-order valence-electron chi connectivity index (χ1n) is 8.00. The Kier molecular flexibility index (Phi) is 4.74. The van der Waals surface area contributed by atoms with Crippen LogP contribution in [0.5, 0.6) is 0 Å². The van der Waals surface area contributed by atoms with Gasteiger partial charge in [0.25, 0.3) is 5.91 Å². The molecule has 2 aromatic rings. The minimum absolute atomic E-state index is 0.0583. The second-order valence-corrected chi connectivity index (χ2v) is 6.16. The molecule has 1 amide bonds. The van der Waals surface area contributed by atoms with Crippen LogP contribution >= 0.6 is 0 Å². The van der Waals surface area contributed by atoms with Crippen molar-refractivity contribution in [3.05, 3.63) is 53.7 Å². The van der Waals surface area contributed by atoms with Crippen LogP contribution in [0.15, 0.2) is 36.5 Å². The maximum absolute atomic E-state index is 13.2. The lowest BCUT2D eigenvalue weighted by molar-refractivity contribution is 0.102. The minimum atomic E-state index is -1.05. The van der Waals surface area contributed by atoms with E-state index in [2.05, 4.69) is 22.1 Å². The number of carbonyl (C=O) groups is 1. The fourth-order valence-corrected chi connectivity index (χ4v) is 2.73. The summed E-state index contributed by atoms with van der Waals surface area (Å²) in [4.78, 5) is 18.7. The Hall–Kier alpha value is -2.50. The molecule has 24 heavy (non-hydrogen) atoms. The largest absolute Gasteiger partial charge is 0.357 e. The van der Waals surface area contributed by atoms with Crippen molar-refractivity contribution in [3.8, 4) is 0 Å². The van der Waals surface area contributed by atoms with E-state index in [1.54, 1.807) is 12.3 Å². The van der Waals surface area contributed by atoms with Crippen LogP contribution in [0.25, 0.3) is 0 Å². The van der Waals surface area contributed by atoms with Crippen molar-refractivity contribution in [1.82, 2.24) is 4.98 Å². The van der Waals surface area contributed by atoms with Gasteiger partial charge in [-0.3, -0.25) is 4.79 Å². The third-order valence-corrected chi connectivity index (χ3v) is 4.30. The first kappa shape index (κ1) is 16.4. The van der Waals surface area contributed by atoms with Crippen molar-refractivity contribution < 1.29 is 13.6 Å². The normalized spacial score (nSPS) is 15.4. The van der Waals surface area contributed by atoms with E-state index in [-0.39, 0.29) is 5.56 Å². The zero-order valence-electron chi connectivity index (χ0n) is 13.4. The molecule has 1 aromatic heterocycles. The summed E-state index contributed by atoms with van der Waals surface area (Å²) >= 11 is 0. The summed E-state index contributed by atoms with van der Waals surface area (Å²) in [6, 6.07) is 6.67. The zero-order chi connectivity index (χ0) is 17.1. The van der Waals surface area contributed by atoms with Crippen molar-refractivity contribution in [3.63, 3.8) is 0 Å². The Balaban J connectivity index is 1.65. The maximum Gasteiger partial charge on any atom is 0.255 e. The second kappa shape index (κ2) is 6.95. The predicted molar refractivity (Wildman–Crippen MR) is 89.2 cm³/mol. The predicted octanol–water partition coefficient (Wildman–Crippen LogP) is 3.85. The van der Waals surface area contributed by atoms with Crippen molar-refractivity contribution in [2.45, 2.75) is 19.8 Å². The van der Waals surface area contributed by atoms with Crippen LogP contribution in [-0.4, -0.2) is 24.0 Å². The third kappa shape index (κ3) is 3.69. The van der Waals surface area contributed by atoms with E-state index in [4.69, 9.17) is 0 Å². The monoisotopic (exact) mass is 331 g/mol. The molecule has 0 spiro atoms. The second-order valence-electron chi connectivity index (χ2n) is 6.16. The molecule has 0 radical (unpaired) electrons. The fourth-order valence-electron chi connectivity index (χ4n) is 2.73. The molecule has 1 N–H and O–H groups in total.